The van der Waals surface area contributed by atoms with Crippen LogP contribution in [-0.4, -0.2) is 23.2 Å². The van der Waals surface area contributed by atoms with Crippen molar-refractivity contribution in [2.45, 2.75) is 12.8 Å². The second-order valence-corrected chi connectivity index (χ2v) is 4.88. The summed E-state index contributed by atoms with van der Waals surface area (Å²) in [5.41, 5.74) is 2.46. The number of nitrogens with zero attached hydrogens (tertiary/aromatic N) is 3. The summed E-state index contributed by atoms with van der Waals surface area (Å²) in [6, 6.07) is 15.0. The summed E-state index contributed by atoms with van der Waals surface area (Å²) in [5, 5.41) is 20.6. The lowest BCUT2D eigenvalue weighted by atomic mass is 10.0. The van der Waals surface area contributed by atoms with Gasteiger partial charge in [-0.25, -0.2) is 0 Å². The van der Waals surface area contributed by atoms with Crippen LogP contribution in [0.1, 0.15) is 12.8 Å². The van der Waals surface area contributed by atoms with Gasteiger partial charge >= 0.3 is 0 Å². The number of phenols is 1. The van der Waals surface area contributed by atoms with Gasteiger partial charge in [-0.2, -0.15) is 0 Å². The Bertz CT molecular complexity index is 619. The second-order valence-electron chi connectivity index (χ2n) is 4.88. The molecule has 2 aromatic rings. The van der Waals surface area contributed by atoms with E-state index >= 15 is 0 Å². The van der Waals surface area contributed by atoms with Gasteiger partial charge in [0, 0.05) is 24.2 Å². The molecular formula is C16H17N3O. The minimum atomic E-state index is 0.260. The number of hydrogen-bond acceptors (Lipinski definition) is 3. The molecule has 1 N–H and O–H groups in total. The average Bonchev–Trinajstić information content (AvgIpc) is 2.99. The highest BCUT2D eigenvalue weighted by Crippen LogP contribution is 2.35. The SMILES string of the molecule is Oc1ccccc1-c1ccccc1N=NN1CCCC1. The first-order chi connectivity index (χ1) is 9.84. The van der Waals surface area contributed by atoms with Crippen LogP contribution in [0.3, 0.4) is 0 Å². The van der Waals surface area contributed by atoms with Gasteiger partial charge in [-0.1, -0.05) is 41.6 Å². The van der Waals surface area contributed by atoms with E-state index < -0.39 is 0 Å². The quantitative estimate of drug-likeness (QED) is 0.849. The minimum Gasteiger partial charge on any atom is -0.507 e. The molecule has 0 atom stereocenters. The molecule has 1 heterocycles. The summed E-state index contributed by atoms with van der Waals surface area (Å²) in [4.78, 5) is 0. The van der Waals surface area contributed by atoms with E-state index in [0.29, 0.717) is 0 Å². The zero-order valence-corrected chi connectivity index (χ0v) is 11.2. The van der Waals surface area contributed by atoms with Gasteiger partial charge in [-0.15, -0.1) is 5.11 Å². The highest BCUT2D eigenvalue weighted by molar-refractivity contribution is 5.79. The molecular weight excluding hydrogens is 250 g/mol. The summed E-state index contributed by atoms with van der Waals surface area (Å²) in [7, 11) is 0. The lowest BCUT2D eigenvalue weighted by Gasteiger charge is -2.09. The third kappa shape index (κ3) is 2.64. The molecule has 0 amide bonds. The molecule has 0 aromatic heterocycles. The molecule has 1 aliphatic rings. The Morgan fingerprint density at radius 3 is 2.25 bits per heavy atom. The van der Waals surface area contributed by atoms with E-state index in [2.05, 4.69) is 10.3 Å². The predicted octanol–water partition coefficient (Wildman–Crippen LogP) is 4.15. The molecule has 102 valence electrons. The first-order valence-corrected chi connectivity index (χ1v) is 6.88. The van der Waals surface area contributed by atoms with Crippen molar-refractivity contribution in [3.8, 4) is 16.9 Å². The number of aromatic hydroxyl groups is 1. The van der Waals surface area contributed by atoms with Gasteiger partial charge in [0.05, 0.1) is 5.69 Å². The van der Waals surface area contributed by atoms with Crippen molar-refractivity contribution in [3.63, 3.8) is 0 Å². The van der Waals surface area contributed by atoms with Crippen LogP contribution < -0.4 is 0 Å². The van der Waals surface area contributed by atoms with E-state index in [9.17, 15) is 5.11 Å². The van der Waals surface area contributed by atoms with Gasteiger partial charge in [0.1, 0.15) is 5.75 Å². The molecule has 1 aliphatic heterocycles. The Morgan fingerprint density at radius 1 is 0.850 bits per heavy atom. The van der Waals surface area contributed by atoms with Crippen LogP contribution in [0.25, 0.3) is 11.1 Å². The Hall–Kier alpha value is -2.36. The van der Waals surface area contributed by atoms with Crippen molar-refractivity contribution < 1.29 is 5.11 Å². The van der Waals surface area contributed by atoms with Gasteiger partial charge in [-0.3, -0.25) is 5.01 Å². The number of benzene rings is 2. The molecule has 0 spiro atoms. The third-order valence-electron chi connectivity index (χ3n) is 3.46. The van der Waals surface area contributed by atoms with Crippen molar-refractivity contribution in [1.82, 2.24) is 5.01 Å². The highest BCUT2D eigenvalue weighted by Gasteiger charge is 2.10. The molecule has 0 bridgehead atoms. The Labute approximate surface area is 118 Å². The van der Waals surface area contributed by atoms with Crippen LogP contribution in [0, 0.1) is 0 Å². The zero-order valence-electron chi connectivity index (χ0n) is 11.2. The van der Waals surface area contributed by atoms with Crippen molar-refractivity contribution in [2.75, 3.05) is 13.1 Å². The fourth-order valence-corrected chi connectivity index (χ4v) is 2.39. The second kappa shape index (κ2) is 5.74. The minimum absolute atomic E-state index is 0.260. The Balaban J connectivity index is 1.94. The first kappa shape index (κ1) is 12.7. The summed E-state index contributed by atoms with van der Waals surface area (Å²) < 4.78 is 0. The first-order valence-electron chi connectivity index (χ1n) is 6.88. The molecule has 0 radical (unpaired) electrons. The molecule has 4 nitrogen and oxygen atoms in total. The Kier molecular flexibility index (Phi) is 3.63. The van der Waals surface area contributed by atoms with Crippen LogP contribution in [0.15, 0.2) is 58.9 Å². The van der Waals surface area contributed by atoms with Crippen molar-refractivity contribution >= 4 is 5.69 Å². The number of para-hydroxylation sites is 1. The smallest absolute Gasteiger partial charge is 0.123 e. The van der Waals surface area contributed by atoms with Gasteiger partial charge in [-0.05, 0) is 25.0 Å². The van der Waals surface area contributed by atoms with Crippen LogP contribution in [-0.2, 0) is 0 Å². The number of hydrogen-bond donors (Lipinski definition) is 1. The molecule has 0 unspecified atom stereocenters. The summed E-state index contributed by atoms with van der Waals surface area (Å²) >= 11 is 0. The molecule has 0 aliphatic carbocycles. The predicted molar refractivity (Wildman–Crippen MR) is 78.9 cm³/mol. The van der Waals surface area contributed by atoms with E-state index in [-0.39, 0.29) is 5.75 Å². The zero-order chi connectivity index (χ0) is 13.8. The van der Waals surface area contributed by atoms with E-state index in [1.807, 2.05) is 47.5 Å². The Morgan fingerprint density at radius 2 is 1.50 bits per heavy atom. The largest absolute Gasteiger partial charge is 0.507 e. The fraction of sp³-hybridized carbons (Fsp3) is 0.250. The molecule has 3 rings (SSSR count). The fourth-order valence-electron chi connectivity index (χ4n) is 2.39. The number of rotatable bonds is 3. The van der Waals surface area contributed by atoms with E-state index in [1.165, 1.54) is 12.8 Å². The lowest BCUT2D eigenvalue weighted by Crippen LogP contribution is -2.09. The van der Waals surface area contributed by atoms with Crippen molar-refractivity contribution in [3.05, 3.63) is 48.5 Å². The molecule has 0 saturated carbocycles. The lowest BCUT2D eigenvalue weighted by molar-refractivity contribution is 0.337. The van der Waals surface area contributed by atoms with Gasteiger partial charge in [0.15, 0.2) is 0 Å². The summed E-state index contributed by atoms with van der Waals surface area (Å²) in [6.45, 7) is 1.95. The average molecular weight is 267 g/mol. The van der Waals surface area contributed by atoms with Gasteiger partial charge < -0.3 is 5.11 Å². The third-order valence-corrected chi connectivity index (χ3v) is 3.46. The van der Waals surface area contributed by atoms with Crippen LogP contribution in [0.2, 0.25) is 0 Å². The van der Waals surface area contributed by atoms with E-state index in [1.54, 1.807) is 6.07 Å². The van der Waals surface area contributed by atoms with Crippen molar-refractivity contribution in [1.29, 1.82) is 0 Å². The van der Waals surface area contributed by atoms with Crippen LogP contribution in [0.5, 0.6) is 5.75 Å². The monoisotopic (exact) mass is 267 g/mol. The summed E-state index contributed by atoms with van der Waals surface area (Å²) in [5.74, 6) is 0.260. The normalized spacial score (nSPS) is 15.1. The molecule has 2 aromatic carbocycles. The van der Waals surface area contributed by atoms with Gasteiger partial charge in [0.2, 0.25) is 0 Å². The molecule has 4 heteroatoms. The van der Waals surface area contributed by atoms with Crippen LogP contribution in [0.4, 0.5) is 5.69 Å². The van der Waals surface area contributed by atoms with Crippen LogP contribution >= 0.6 is 0 Å². The molecule has 1 saturated heterocycles. The maximum Gasteiger partial charge on any atom is 0.123 e. The van der Waals surface area contributed by atoms with Crippen molar-refractivity contribution in [2.24, 2.45) is 10.3 Å². The van der Waals surface area contributed by atoms with E-state index in [0.717, 1.165) is 29.9 Å². The summed E-state index contributed by atoms with van der Waals surface area (Å²) in [6.07, 6.45) is 2.36. The molecule has 1 fully saturated rings. The van der Waals surface area contributed by atoms with E-state index in [4.69, 9.17) is 0 Å². The number of phenolic OH excluding ortho intramolecular Hbond substituents is 1. The topological polar surface area (TPSA) is 48.2 Å². The maximum atomic E-state index is 9.99. The van der Waals surface area contributed by atoms with Gasteiger partial charge in [0.25, 0.3) is 0 Å². The standard InChI is InChI=1S/C16H17N3O/c20-16-10-4-2-8-14(16)13-7-1-3-9-15(13)17-18-19-11-5-6-12-19/h1-4,7-10,20H,5-6,11-12H2. The highest BCUT2D eigenvalue weighted by atomic mass is 16.3. The maximum absolute atomic E-state index is 9.99. The molecule has 20 heavy (non-hydrogen) atoms.